The van der Waals surface area contributed by atoms with Gasteiger partial charge in [0.2, 0.25) is 0 Å². The van der Waals surface area contributed by atoms with E-state index in [-0.39, 0.29) is 6.04 Å². The number of ether oxygens (including phenoxy) is 2. The van der Waals surface area contributed by atoms with Gasteiger partial charge in [0.1, 0.15) is 5.75 Å². The zero-order valence-corrected chi connectivity index (χ0v) is 11.8. The molecule has 2 aromatic rings. The van der Waals surface area contributed by atoms with Crippen molar-refractivity contribution < 1.29 is 9.47 Å². The first-order valence-corrected chi connectivity index (χ1v) is 7.20. The molecule has 0 amide bonds. The summed E-state index contributed by atoms with van der Waals surface area (Å²) >= 11 is 0. The Bertz CT molecular complexity index is 591. The lowest BCUT2D eigenvalue weighted by Gasteiger charge is -2.28. The summed E-state index contributed by atoms with van der Waals surface area (Å²) in [6.07, 6.45) is 2.09. The fourth-order valence-corrected chi connectivity index (χ4v) is 3.09. The highest BCUT2D eigenvalue weighted by molar-refractivity contribution is 5.91. The summed E-state index contributed by atoms with van der Waals surface area (Å²) in [5.41, 5.74) is 7.75. The van der Waals surface area contributed by atoms with Crippen molar-refractivity contribution in [2.45, 2.75) is 18.9 Å². The predicted molar refractivity (Wildman–Crippen MR) is 81.0 cm³/mol. The van der Waals surface area contributed by atoms with Crippen LogP contribution in [0.3, 0.4) is 0 Å². The van der Waals surface area contributed by atoms with Crippen LogP contribution in [0.15, 0.2) is 36.4 Å². The van der Waals surface area contributed by atoms with Crippen molar-refractivity contribution in [2.24, 2.45) is 11.7 Å². The van der Waals surface area contributed by atoms with Gasteiger partial charge in [-0.05, 0) is 35.8 Å². The smallest absolute Gasteiger partial charge is 0.126 e. The minimum atomic E-state index is 0.0645. The van der Waals surface area contributed by atoms with E-state index in [1.54, 1.807) is 7.11 Å². The molecule has 3 heteroatoms. The standard InChI is InChI=1S/C17H21NO2/c1-19-16-7-6-15(13-4-2-3-5-14(13)16)17(18)12-8-10-20-11-9-12/h2-7,12,17H,8-11,18H2,1H3. The molecular weight excluding hydrogens is 250 g/mol. The number of hydrogen-bond donors (Lipinski definition) is 1. The van der Waals surface area contributed by atoms with Crippen molar-refractivity contribution in [1.29, 1.82) is 0 Å². The molecule has 1 fully saturated rings. The van der Waals surface area contributed by atoms with E-state index in [9.17, 15) is 0 Å². The maximum absolute atomic E-state index is 6.53. The van der Waals surface area contributed by atoms with Crippen LogP contribution in [0, 0.1) is 5.92 Å². The Morgan fingerprint density at radius 1 is 1.10 bits per heavy atom. The maximum atomic E-state index is 6.53. The van der Waals surface area contributed by atoms with Gasteiger partial charge in [0, 0.05) is 24.6 Å². The van der Waals surface area contributed by atoms with Gasteiger partial charge in [-0.25, -0.2) is 0 Å². The van der Waals surface area contributed by atoms with E-state index >= 15 is 0 Å². The van der Waals surface area contributed by atoms with Gasteiger partial charge >= 0.3 is 0 Å². The van der Waals surface area contributed by atoms with Crippen molar-refractivity contribution in [1.82, 2.24) is 0 Å². The van der Waals surface area contributed by atoms with Crippen molar-refractivity contribution in [2.75, 3.05) is 20.3 Å². The first-order chi connectivity index (χ1) is 9.81. The van der Waals surface area contributed by atoms with E-state index in [2.05, 4.69) is 24.3 Å². The van der Waals surface area contributed by atoms with Crippen molar-refractivity contribution in [3.8, 4) is 5.75 Å². The number of fused-ring (bicyclic) bond motifs is 1. The molecular formula is C17H21NO2. The lowest BCUT2D eigenvalue weighted by molar-refractivity contribution is 0.0585. The minimum Gasteiger partial charge on any atom is -0.496 e. The molecule has 106 valence electrons. The van der Waals surface area contributed by atoms with Gasteiger partial charge in [-0.1, -0.05) is 30.3 Å². The van der Waals surface area contributed by atoms with Gasteiger partial charge in [0.25, 0.3) is 0 Å². The van der Waals surface area contributed by atoms with E-state index in [4.69, 9.17) is 15.2 Å². The van der Waals surface area contributed by atoms with Crippen LogP contribution in [0.5, 0.6) is 5.75 Å². The molecule has 1 aliphatic rings. The molecule has 0 aliphatic carbocycles. The van der Waals surface area contributed by atoms with Gasteiger partial charge in [0.15, 0.2) is 0 Å². The van der Waals surface area contributed by atoms with Crippen molar-refractivity contribution >= 4 is 10.8 Å². The Morgan fingerprint density at radius 2 is 1.80 bits per heavy atom. The maximum Gasteiger partial charge on any atom is 0.126 e. The molecule has 2 N–H and O–H groups in total. The zero-order valence-electron chi connectivity index (χ0n) is 11.8. The largest absolute Gasteiger partial charge is 0.496 e. The molecule has 20 heavy (non-hydrogen) atoms. The fourth-order valence-electron chi connectivity index (χ4n) is 3.09. The fraction of sp³-hybridized carbons (Fsp3) is 0.412. The number of rotatable bonds is 3. The summed E-state index contributed by atoms with van der Waals surface area (Å²) in [6, 6.07) is 12.5. The second-order valence-electron chi connectivity index (χ2n) is 5.38. The summed E-state index contributed by atoms with van der Waals surface area (Å²) < 4.78 is 10.9. The molecule has 0 aromatic heterocycles. The monoisotopic (exact) mass is 271 g/mol. The third-order valence-corrected chi connectivity index (χ3v) is 4.27. The summed E-state index contributed by atoms with van der Waals surface area (Å²) in [4.78, 5) is 0. The highest BCUT2D eigenvalue weighted by Gasteiger charge is 2.24. The SMILES string of the molecule is COc1ccc(C(N)C2CCOCC2)c2ccccc12. The summed E-state index contributed by atoms with van der Waals surface area (Å²) in [7, 11) is 1.71. The second kappa shape index (κ2) is 5.81. The predicted octanol–water partition coefficient (Wildman–Crippen LogP) is 3.27. The average molecular weight is 271 g/mol. The molecule has 1 heterocycles. The molecule has 1 unspecified atom stereocenters. The first-order valence-electron chi connectivity index (χ1n) is 7.20. The van der Waals surface area contributed by atoms with E-state index in [1.165, 1.54) is 10.9 Å². The third kappa shape index (κ3) is 2.39. The van der Waals surface area contributed by atoms with Crippen molar-refractivity contribution in [3.05, 3.63) is 42.0 Å². The number of benzene rings is 2. The van der Waals surface area contributed by atoms with E-state index in [1.807, 2.05) is 12.1 Å². The van der Waals surface area contributed by atoms with Crippen LogP contribution >= 0.6 is 0 Å². The number of nitrogens with two attached hydrogens (primary N) is 1. The molecule has 1 aliphatic heterocycles. The average Bonchev–Trinajstić information content (AvgIpc) is 2.54. The molecule has 0 radical (unpaired) electrons. The summed E-state index contributed by atoms with van der Waals surface area (Å²) in [5, 5.41) is 2.33. The van der Waals surface area contributed by atoms with E-state index in [0.29, 0.717) is 5.92 Å². The molecule has 2 aromatic carbocycles. The lowest BCUT2D eigenvalue weighted by Crippen LogP contribution is -2.27. The van der Waals surface area contributed by atoms with E-state index < -0.39 is 0 Å². The first kappa shape index (κ1) is 13.4. The van der Waals surface area contributed by atoms with Crippen LogP contribution in [0.4, 0.5) is 0 Å². The van der Waals surface area contributed by atoms with Crippen LogP contribution in [-0.2, 0) is 4.74 Å². The van der Waals surface area contributed by atoms with Crippen LogP contribution in [0.25, 0.3) is 10.8 Å². The molecule has 3 rings (SSSR count). The van der Waals surface area contributed by atoms with Gasteiger partial charge in [-0.15, -0.1) is 0 Å². The van der Waals surface area contributed by atoms with Crippen LogP contribution < -0.4 is 10.5 Å². The Balaban J connectivity index is 2.02. The van der Waals surface area contributed by atoms with Gasteiger partial charge in [-0.3, -0.25) is 0 Å². The zero-order chi connectivity index (χ0) is 13.9. The van der Waals surface area contributed by atoms with Crippen LogP contribution in [0.1, 0.15) is 24.4 Å². The second-order valence-corrected chi connectivity index (χ2v) is 5.38. The van der Waals surface area contributed by atoms with E-state index in [0.717, 1.165) is 37.2 Å². The Hall–Kier alpha value is -1.58. The molecule has 0 spiro atoms. The molecule has 1 atom stereocenters. The minimum absolute atomic E-state index is 0.0645. The normalized spacial score (nSPS) is 18.1. The van der Waals surface area contributed by atoms with Gasteiger partial charge < -0.3 is 15.2 Å². The molecule has 0 saturated carbocycles. The highest BCUT2D eigenvalue weighted by atomic mass is 16.5. The highest BCUT2D eigenvalue weighted by Crippen LogP contribution is 2.35. The third-order valence-electron chi connectivity index (χ3n) is 4.27. The van der Waals surface area contributed by atoms with Gasteiger partial charge in [0.05, 0.1) is 7.11 Å². The topological polar surface area (TPSA) is 44.5 Å². The van der Waals surface area contributed by atoms with Crippen LogP contribution in [-0.4, -0.2) is 20.3 Å². The van der Waals surface area contributed by atoms with Crippen molar-refractivity contribution in [3.63, 3.8) is 0 Å². The molecule has 3 nitrogen and oxygen atoms in total. The summed E-state index contributed by atoms with van der Waals surface area (Å²) in [6.45, 7) is 1.65. The van der Waals surface area contributed by atoms with Gasteiger partial charge in [-0.2, -0.15) is 0 Å². The number of methoxy groups -OCH3 is 1. The Kier molecular flexibility index (Phi) is 3.90. The van der Waals surface area contributed by atoms with Crippen LogP contribution in [0.2, 0.25) is 0 Å². The molecule has 0 bridgehead atoms. The lowest BCUT2D eigenvalue weighted by atomic mass is 9.85. The number of hydrogen-bond acceptors (Lipinski definition) is 3. The quantitative estimate of drug-likeness (QED) is 0.931. The summed E-state index contributed by atoms with van der Waals surface area (Å²) in [5.74, 6) is 1.41. The molecule has 1 saturated heterocycles. The Labute approximate surface area is 119 Å². The Morgan fingerprint density at radius 3 is 2.50 bits per heavy atom.